The number of halogens is 5. The molecule has 3 N–H and O–H groups in total. The van der Waals surface area contributed by atoms with Crippen molar-refractivity contribution in [3.05, 3.63) is 34.6 Å². The summed E-state index contributed by atoms with van der Waals surface area (Å²) in [5.41, 5.74) is 1.92. The average molecular weight is 257 g/mol. The van der Waals surface area contributed by atoms with Crippen LogP contribution in [0.15, 0.2) is 18.2 Å². The molecule has 0 aliphatic rings. The molecule has 2 nitrogen and oxygen atoms in total. The molecule has 90 valence electrons. The Bertz CT molecular complexity index is 367. The molecule has 0 fully saturated rings. The van der Waals surface area contributed by atoms with Gasteiger partial charge in [-0.1, -0.05) is 17.7 Å². The third-order valence-electron chi connectivity index (χ3n) is 2.02. The highest BCUT2D eigenvalue weighted by Gasteiger charge is 2.38. The quantitative estimate of drug-likeness (QED) is 0.495. The average Bonchev–Trinajstić information content (AvgIpc) is 2.18. The topological polar surface area (TPSA) is 38.0 Å². The van der Waals surface area contributed by atoms with Crippen LogP contribution >= 0.6 is 11.6 Å². The van der Waals surface area contributed by atoms with Gasteiger partial charge in [0.25, 0.3) is 0 Å². The predicted octanol–water partition coefficient (Wildman–Crippen LogP) is 2.42. The normalized spacial score (nSPS) is 13.9. The fourth-order valence-corrected chi connectivity index (χ4v) is 1.37. The zero-order valence-corrected chi connectivity index (χ0v) is 8.74. The molecule has 0 bridgehead atoms. The Hall–Kier alpha value is -0.850. The Morgan fingerprint density at radius 1 is 1.38 bits per heavy atom. The Morgan fingerprint density at radius 3 is 2.44 bits per heavy atom. The van der Waals surface area contributed by atoms with Crippen LogP contribution in [-0.2, 0) is 6.42 Å². The molecule has 0 radical (unpaired) electrons. The van der Waals surface area contributed by atoms with E-state index in [-0.39, 0.29) is 10.6 Å². The number of rotatable bonds is 3. The highest BCUT2D eigenvalue weighted by atomic mass is 35.5. The molecule has 1 aromatic rings. The van der Waals surface area contributed by atoms with Gasteiger partial charge in [0.1, 0.15) is 11.9 Å². The van der Waals surface area contributed by atoms with Crippen LogP contribution in [0.5, 0.6) is 0 Å². The lowest BCUT2D eigenvalue weighted by atomic mass is 10.1. The molecule has 0 heterocycles. The molecular weight excluding hydrogens is 248 g/mol. The van der Waals surface area contributed by atoms with Crippen LogP contribution in [0.25, 0.3) is 0 Å². The Morgan fingerprint density at radius 2 is 2.00 bits per heavy atom. The summed E-state index contributed by atoms with van der Waals surface area (Å²) < 4.78 is 49.8. The fraction of sp³-hybridized carbons (Fsp3) is 0.333. The second kappa shape index (κ2) is 4.99. The third kappa shape index (κ3) is 3.33. The Labute approximate surface area is 94.4 Å². The lowest BCUT2D eigenvalue weighted by Crippen LogP contribution is -2.47. The van der Waals surface area contributed by atoms with Crippen LogP contribution in [0.1, 0.15) is 5.56 Å². The number of hydrogen-bond acceptors (Lipinski definition) is 2. The summed E-state index contributed by atoms with van der Waals surface area (Å²) in [6.07, 6.45) is -4.87. The van der Waals surface area contributed by atoms with E-state index in [4.69, 9.17) is 17.4 Å². The van der Waals surface area contributed by atoms with E-state index in [1.807, 2.05) is 0 Å². The van der Waals surface area contributed by atoms with E-state index in [2.05, 4.69) is 0 Å². The van der Waals surface area contributed by atoms with Gasteiger partial charge in [0.2, 0.25) is 0 Å². The van der Waals surface area contributed by atoms with Crippen molar-refractivity contribution in [3.8, 4) is 0 Å². The molecule has 0 aliphatic carbocycles. The number of alkyl halides is 3. The molecule has 16 heavy (non-hydrogen) atoms. The van der Waals surface area contributed by atoms with E-state index < -0.39 is 24.5 Å². The summed E-state index contributed by atoms with van der Waals surface area (Å²) in [5.74, 6) is 4.13. The maximum absolute atomic E-state index is 12.8. The molecule has 0 amide bonds. The molecular formula is C9H9ClF4N2. The summed E-state index contributed by atoms with van der Waals surface area (Å²) in [5, 5.41) is -0.213. The molecule has 0 aliphatic heterocycles. The Balaban J connectivity index is 2.83. The molecule has 0 spiro atoms. The van der Waals surface area contributed by atoms with E-state index in [1.165, 1.54) is 6.07 Å². The molecule has 1 rings (SSSR count). The van der Waals surface area contributed by atoms with E-state index in [9.17, 15) is 17.6 Å². The maximum atomic E-state index is 12.8. The lowest BCUT2D eigenvalue weighted by molar-refractivity contribution is -0.155. The highest BCUT2D eigenvalue weighted by Crippen LogP contribution is 2.24. The number of nitrogens with two attached hydrogens (primary N) is 1. The standard InChI is InChI=1S/C9H9ClF4N2/c10-6-3-5(1-2-7(6)11)4-8(16-15)9(12,13)14/h1-3,8,16H,4,15H2. The fourth-order valence-electron chi connectivity index (χ4n) is 1.17. The van der Waals surface area contributed by atoms with Crippen molar-refractivity contribution in [1.82, 2.24) is 5.43 Å². The van der Waals surface area contributed by atoms with Gasteiger partial charge >= 0.3 is 6.18 Å². The van der Waals surface area contributed by atoms with Crippen LogP contribution in [0.4, 0.5) is 17.6 Å². The van der Waals surface area contributed by atoms with E-state index in [0.29, 0.717) is 0 Å². The summed E-state index contributed by atoms with van der Waals surface area (Å²) in [6, 6.07) is 1.51. The number of benzene rings is 1. The Kier molecular flexibility index (Phi) is 4.12. The van der Waals surface area contributed by atoms with Gasteiger partial charge in [0, 0.05) is 0 Å². The van der Waals surface area contributed by atoms with Gasteiger partial charge in [0.05, 0.1) is 5.02 Å². The lowest BCUT2D eigenvalue weighted by Gasteiger charge is -2.19. The SMILES string of the molecule is NNC(Cc1ccc(F)c(Cl)c1)C(F)(F)F. The minimum atomic E-state index is -4.46. The number of hydrazine groups is 1. The molecule has 7 heteroatoms. The maximum Gasteiger partial charge on any atom is 0.405 e. The third-order valence-corrected chi connectivity index (χ3v) is 2.31. The summed E-state index contributed by atoms with van der Waals surface area (Å²) in [4.78, 5) is 0. The highest BCUT2D eigenvalue weighted by molar-refractivity contribution is 6.30. The largest absolute Gasteiger partial charge is 0.405 e. The monoisotopic (exact) mass is 256 g/mol. The van der Waals surface area contributed by atoms with Crippen molar-refractivity contribution in [3.63, 3.8) is 0 Å². The van der Waals surface area contributed by atoms with Crippen molar-refractivity contribution >= 4 is 11.6 Å². The molecule has 0 saturated heterocycles. The summed E-state index contributed by atoms with van der Waals surface area (Å²) in [6.45, 7) is 0. The van der Waals surface area contributed by atoms with Gasteiger partial charge in [-0.3, -0.25) is 5.84 Å². The molecule has 1 aromatic carbocycles. The van der Waals surface area contributed by atoms with Crippen LogP contribution in [0, 0.1) is 5.82 Å². The zero-order chi connectivity index (χ0) is 12.3. The first-order chi connectivity index (χ1) is 7.34. The first kappa shape index (κ1) is 13.2. The number of nitrogens with one attached hydrogen (secondary N) is 1. The summed E-state index contributed by atoms with van der Waals surface area (Å²) in [7, 11) is 0. The minimum Gasteiger partial charge on any atom is -0.271 e. The zero-order valence-electron chi connectivity index (χ0n) is 7.98. The van der Waals surface area contributed by atoms with Crippen molar-refractivity contribution < 1.29 is 17.6 Å². The first-order valence-corrected chi connectivity index (χ1v) is 4.69. The first-order valence-electron chi connectivity index (χ1n) is 4.31. The minimum absolute atomic E-state index is 0.213. The van der Waals surface area contributed by atoms with Gasteiger partial charge in [-0.05, 0) is 24.1 Å². The van der Waals surface area contributed by atoms with Crippen molar-refractivity contribution in [2.75, 3.05) is 0 Å². The van der Waals surface area contributed by atoms with E-state index >= 15 is 0 Å². The van der Waals surface area contributed by atoms with Gasteiger partial charge in [-0.25, -0.2) is 9.82 Å². The van der Waals surface area contributed by atoms with Crippen LogP contribution in [-0.4, -0.2) is 12.2 Å². The summed E-state index contributed by atoms with van der Waals surface area (Å²) >= 11 is 5.45. The van der Waals surface area contributed by atoms with E-state index in [1.54, 1.807) is 5.43 Å². The van der Waals surface area contributed by atoms with Crippen molar-refractivity contribution in [1.29, 1.82) is 0 Å². The van der Waals surface area contributed by atoms with Crippen LogP contribution < -0.4 is 11.3 Å². The van der Waals surface area contributed by atoms with Crippen LogP contribution in [0.2, 0.25) is 5.02 Å². The van der Waals surface area contributed by atoms with Gasteiger partial charge < -0.3 is 0 Å². The second-order valence-electron chi connectivity index (χ2n) is 3.21. The van der Waals surface area contributed by atoms with Gasteiger partial charge in [0.15, 0.2) is 0 Å². The van der Waals surface area contributed by atoms with Gasteiger partial charge in [-0.15, -0.1) is 0 Å². The molecule has 0 aromatic heterocycles. The predicted molar refractivity (Wildman–Crippen MR) is 52.3 cm³/mol. The van der Waals surface area contributed by atoms with Crippen molar-refractivity contribution in [2.45, 2.75) is 18.6 Å². The molecule has 0 saturated carbocycles. The van der Waals surface area contributed by atoms with E-state index in [0.717, 1.165) is 12.1 Å². The van der Waals surface area contributed by atoms with Crippen LogP contribution in [0.3, 0.4) is 0 Å². The van der Waals surface area contributed by atoms with Gasteiger partial charge in [-0.2, -0.15) is 13.2 Å². The molecule has 1 atom stereocenters. The smallest absolute Gasteiger partial charge is 0.271 e. The number of hydrogen-bond donors (Lipinski definition) is 2. The van der Waals surface area contributed by atoms with Crippen molar-refractivity contribution in [2.24, 2.45) is 5.84 Å². The molecule has 1 unspecified atom stereocenters. The second-order valence-corrected chi connectivity index (χ2v) is 3.62.